The summed E-state index contributed by atoms with van der Waals surface area (Å²) in [4.78, 5) is 13.0. The van der Waals surface area contributed by atoms with Gasteiger partial charge in [0.15, 0.2) is 0 Å². The zero-order valence-corrected chi connectivity index (χ0v) is 12.5. The number of halogens is 4. The van der Waals surface area contributed by atoms with Crippen molar-refractivity contribution in [3.63, 3.8) is 0 Å². The minimum absolute atomic E-state index is 0.0114. The molecule has 0 bridgehead atoms. The third-order valence-electron chi connectivity index (χ3n) is 3.67. The van der Waals surface area contributed by atoms with Gasteiger partial charge in [-0.3, -0.25) is 4.90 Å². The van der Waals surface area contributed by atoms with Gasteiger partial charge in [-0.05, 0) is 36.6 Å². The van der Waals surface area contributed by atoms with E-state index in [1.54, 1.807) is 12.1 Å². The van der Waals surface area contributed by atoms with Crippen LogP contribution in [-0.4, -0.2) is 43.3 Å². The van der Waals surface area contributed by atoms with Crippen LogP contribution in [0.3, 0.4) is 0 Å². The smallest absolute Gasteiger partial charge is 0.338 e. The minimum atomic E-state index is -4.19. The van der Waals surface area contributed by atoms with E-state index in [-0.39, 0.29) is 18.3 Å². The number of amides is 2. The maximum absolute atomic E-state index is 13.0. The molecule has 0 radical (unpaired) electrons. The van der Waals surface area contributed by atoms with Crippen LogP contribution >= 0.6 is 0 Å². The van der Waals surface area contributed by atoms with Crippen LogP contribution in [0.15, 0.2) is 24.3 Å². The number of benzene rings is 1. The Morgan fingerprint density at radius 2 is 2.09 bits per heavy atom. The van der Waals surface area contributed by atoms with Crippen LogP contribution in [0.5, 0.6) is 0 Å². The Bertz CT molecular complexity index is 536. The van der Waals surface area contributed by atoms with E-state index in [2.05, 4.69) is 10.6 Å². The van der Waals surface area contributed by atoms with E-state index < -0.39 is 18.8 Å². The van der Waals surface area contributed by atoms with Crippen LogP contribution in [0.25, 0.3) is 0 Å². The molecule has 23 heavy (non-hydrogen) atoms. The lowest BCUT2D eigenvalue weighted by Crippen LogP contribution is -2.39. The number of nitrogens with one attached hydrogen (secondary N) is 2. The first-order valence-corrected chi connectivity index (χ1v) is 7.37. The summed E-state index contributed by atoms with van der Waals surface area (Å²) in [5.41, 5.74) is 0.636. The van der Waals surface area contributed by atoms with E-state index in [1.807, 2.05) is 0 Å². The second-order valence-electron chi connectivity index (χ2n) is 5.70. The number of alkyl halides is 3. The Balaban J connectivity index is 1.65. The lowest BCUT2D eigenvalue weighted by Gasteiger charge is -2.18. The highest BCUT2D eigenvalue weighted by Gasteiger charge is 2.34. The molecule has 1 aliphatic rings. The normalized spacial score (nSPS) is 18.9. The number of nitrogens with zero attached hydrogens (tertiary/aromatic N) is 1. The molecule has 1 unspecified atom stereocenters. The highest BCUT2D eigenvalue weighted by molar-refractivity contribution is 5.73. The predicted molar refractivity (Wildman–Crippen MR) is 77.2 cm³/mol. The standard InChI is InChI=1S/C15H19F4N3O/c16-13-3-1-2-11(6-13)7-20-14(23)21-8-12-4-5-22(9-12)10-15(17,18)19/h1-3,6,12H,4-5,7-10H2,(H2,20,21,23). The summed E-state index contributed by atoms with van der Waals surface area (Å²) in [5.74, 6) is -0.363. The summed E-state index contributed by atoms with van der Waals surface area (Å²) in [6.45, 7) is 0.313. The third-order valence-corrected chi connectivity index (χ3v) is 3.67. The summed E-state index contributed by atoms with van der Waals surface area (Å²) >= 11 is 0. The van der Waals surface area contributed by atoms with E-state index >= 15 is 0 Å². The van der Waals surface area contributed by atoms with Crippen LogP contribution in [0.2, 0.25) is 0 Å². The lowest BCUT2D eigenvalue weighted by molar-refractivity contribution is -0.143. The van der Waals surface area contributed by atoms with Gasteiger partial charge in [-0.2, -0.15) is 13.2 Å². The van der Waals surface area contributed by atoms with E-state index in [9.17, 15) is 22.4 Å². The van der Waals surface area contributed by atoms with E-state index in [4.69, 9.17) is 0 Å². The summed E-state index contributed by atoms with van der Waals surface area (Å²) in [6, 6.07) is 5.47. The molecule has 2 amide bonds. The van der Waals surface area contributed by atoms with Crippen molar-refractivity contribution in [2.75, 3.05) is 26.2 Å². The van der Waals surface area contributed by atoms with Crippen LogP contribution in [0.1, 0.15) is 12.0 Å². The molecule has 1 aromatic rings. The van der Waals surface area contributed by atoms with Gasteiger partial charge in [0, 0.05) is 19.6 Å². The molecular formula is C15H19F4N3O. The molecule has 128 valence electrons. The molecule has 2 N–H and O–H groups in total. The van der Waals surface area contributed by atoms with Crippen LogP contribution in [0.4, 0.5) is 22.4 Å². The van der Waals surface area contributed by atoms with Gasteiger partial charge in [-0.1, -0.05) is 12.1 Å². The largest absolute Gasteiger partial charge is 0.401 e. The maximum atomic E-state index is 13.0. The topological polar surface area (TPSA) is 44.4 Å². The van der Waals surface area contributed by atoms with E-state index in [0.717, 1.165) is 0 Å². The van der Waals surface area contributed by atoms with Crippen molar-refractivity contribution < 1.29 is 22.4 Å². The van der Waals surface area contributed by atoms with Crippen molar-refractivity contribution in [3.8, 4) is 0 Å². The Hall–Kier alpha value is -1.83. The fraction of sp³-hybridized carbons (Fsp3) is 0.533. The summed E-state index contributed by atoms with van der Waals surface area (Å²) in [7, 11) is 0. The Morgan fingerprint density at radius 1 is 1.30 bits per heavy atom. The molecule has 4 nitrogen and oxygen atoms in total. The molecule has 0 aliphatic carbocycles. The molecule has 1 fully saturated rings. The number of urea groups is 1. The quantitative estimate of drug-likeness (QED) is 0.813. The molecule has 1 aromatic carbocycles. The van der Waals surface area contributed by atoms with Crippen molar-refractivity contribution in [2.24, 2.45) is 5.92 Å². The molecule has 1 saturated heterocycles. The zero-order chi connectivity index (χ0) is 16.9. The zero-order valence-electron chi connectivity index (χ0n) is 12.5. The third kappa shape index (κ3) is 6.43. The highest BCUT2D eigenvalue weighted by atomic mass is 19.4. The number of carbonyl (C=O) groups is 1. The Labute approximate surface area is 131 Å². The van der Waals surface area contributed by atoms with Gasteiger partial charge >= 0.3 is 12.2 Å². The lowest BCUT2D eigenvalue weighted by atomic mass is 10.1. The van der Waals surface area contributed by atoms with Gasteiger partial charge < -0.3 is 10.6 Å². The first kappa shape index (κ1) is 17.5. The SMILES string of the molecule is O=C(NCc1cccc(F)c1)NCC1CCN(CC(F)(F)F)C1. The van der Waals surface area contributed by atoms with Crippen LogP contribution < -0.4 is 10.6 Å². The molecule has 1 atom stereocenters. The molecule has 2 rings (SSSR count). The van der Waals surface area contributed by atoms with Crippen molar-refractivity contribution in [1.29, 1.82) is 0 Å². The summed E-state index contributed by atoms with van der Waals surface area (Å²) in [5, 5.41) is 5.23. The van der Waals surface area contributed by atoms with Gasteiger partial charge in [0.1, 0.15) is 5.82 Å². The number of hydrogen-bond donors (Lipinski definition) is 2. The molecule has 8 heteroatoms. The van der Waals surface area contributed by atoms with Gasteiger partial charge in [0.2, 0.25) is 0 Å². The average molecular weight is 333 g/mol. The molecule has 1 aliphatic heterocycles. The molecule has 0 spiro atoms. The summed E-state index contributed by atoms with van der Waals surface area (Å²) in [6.07, 6.45) is -3.56. The maximum Gasteiger partial charge on any atom is 0.401 e. The van der Waals surface area contributed by atoms with Gasteiger partial charge in [0.25, 0.3) is 0 Å². The molecule has 0 aromatic heterocycles. The Kier molecular flexibility index (Phi) is 5.81. The van der Waals surface area contributed by atoms with E-state index in [1.165, 1.54) is 17.0 Å². The second kappa shape index (κ2) is 7.63. The fourth-order valence-corrected chi connectivity index (χ4v) is 2.61. The minimum Gasteiger partial charge on any atom is -0.338 e. The highest BCUT2D eigenvalue weighted by Crippen LogP contribution is 2.22. The Morgan fingerprint density at radius 3 is 2.78 bits per heavy atom. The van der Waals surface area contributed by atoms with Crippen molar-refractivity contribution in [1.82, 2.24) is 15.5 Å². The molecular weight excluding hydrogens is 314 g/mol. The van der Waals surface area contributed by atoms with Crippen LogP contribution in [0, 0.1) is 11.7 Å². The van der Waals surface area contributed by atoms with E-state index in [0.29, 0.717) is 31.6 Å². The fourth-order valence-electron chi connectivity index (χ4n) is 2.61. The van der Waals surface area contributed by atoms with Crippen LogP contribution in [-0.2, 0) is 6.54 Å². The predicted octanol–water partition coefficient (Wildman–Crippen LogP) is 2.51. The first-order valence-electron chi connectivity index (χ1n) is 7.37. The van der Waals surface area contributed by atoms with Crippen molar-refractivity contribution >= 4 is 6.03 Å². The average Bonchev–Trinajstić information content (AvgIpc) is 2.88. The molecule has 0 saturated carbocycles. The number of likely N-dealkylation sites (tertiary alicyclic amines) is 1. The van der Waals surface area contributed by atoms with Gasteiger partial charge in [-0.15, -0.1) is 0 Å². The molecule has 1 heterocycles. The monoisotopic (exact) mass is 333 g/mol. The van der Waals surface area contributed by atoms with Gasteiger partial charge in [0.05, 0.1) is 6.54 Å². The van der Waals surface area contributed by atoms with Crippen molar-refractivity contribution in [3.05, 3.63) is 35.6 Å². The van der Waals surface area contributed by atoms with Gasteiger partial charge in [-0.25, -0.2) is 9.18 Å². The number of carbonyl (C=O) groups excluding carboxylic acids is 1. The second-order valence-corrected chi connectivity index (χ2v) is 5.70. The first-order chi connectivity index (χ1) is 10.8. The van der Waals surface area contributed by atoms with Crippen molar-refractivity contribution in [2.45, 2.75) is 19.1 Å². The number of hydrogen-bond acceptors (Lipinski definition) is 2. The number of rotatable bonds is 5. The summed E-state index contributed by atoms with van der Waals surface area (Å²) < 4.78 is 49.9.